The van der Waals surface area contributed by atoms with E-state index < -0.39 is 0 Å². The lowest BCUT2D eigenvalue weighted by molar-refractivity contribution is 0.0951. The minimum Gasteiger partial charge on any atom is -0.494 e. The molecule has 0 bridgehead atoms. The lowest BCUT2D eigenvalue weighted by Gasteiger charge is -2.32. The second kappa shape index (κ2) is 12.4. The number of nitrogens with zero attached hydrogens (tertiary/aromatic N) is 3. The predicted molar refractivity (Wildman–Crippen MR) is 169 cm³/mol. The van der Waals surface area contributed by atoms with E-state index in [9.17, 15) is 9.90 Å². The summed E-state index contributed by atoms with van der Waals surface area (Å²) in [5.74, 6) is -0.162. The number of rotatable bonds is 8. The van der Waals surface area contributed by atoms with Crippen LogP contribution in [0.2, 0.25) is 0 Å². The first-order chi connectivity index (χ1) is 20.5. The van der Waals surface area contributed by atoms with Crippen LogP contribution in [0, 0.1) is 0 Å². The molecule has 4 aromatic carbocycles. The smallest absolute Gasteiger partial charge is 0.251 e. The van der Waals surface area contributed by atoms with Gasteiger partial charge in [0.1, 0.15) is 0 Å². The fraction of sp³-hybridized carbons (Fsp3) is 0.200. The maximum Gasteiger partial charge on any atom is 0.251 e. The number of H-pyrrole nitrogens is 1. The summed E-state index contributed by atoms with van der Waals surface area (Å²) in [4.78, 5) is 26.1. The molecule has 0 radical (unpaired) electrons. The number of carbonyl (C=O) groups excluding carboxylic acids is 1. The first kappa shape index (κ1) is 27.4. The third-order valence-corrected chi connectivity index (χ3v) is 7.77. The highest BCUT2D eigenvalue weighted by molar-refractivity contribution is 6.22. The van der Waals surface area contributed by atoms with Crippen LogP contribution in [0.5, 0.6) is 5.88 Å². The second-order valence-electron chi connectivity index (χ2n) is 10.9. The summed E-state index contributed by atoms with van der Waals surface area (Å²) in [5, 5.41) is 14.9. The van der Waals surface area contributed by atoms with Crippen molar-refractivity contribution in [2.75, 3.05) is 33.2 Å². The predicted octanol–water partition coefficient (Wildman–Crippen LogP) is 5.72. The first-order valence-corrected chi connectivity index (χ1v) is 14.3. The van der Waals surface area contributed by atoms with Crippen molar-refractivity contribution in [3.63, 3.8) is 0 Å². The number of aliphatic imine (C=N–C) groups is 1. The number of aromatic hydroxyl groups is 1. The van der Waals surface area contributed by atoms with Crippen molar-refractivity contribution >= 4 is 28.2 Å². The molecular weight excluding hydrogens is 522 g/mol. The maximum absolute atomic E-state index is 13.1. The van der Waals surface area contributed by atoms with Crippen LogP contribution in [0.3, 0.4) is 0 Å². The van der Waals surface area contributed by atoms with Crippen molar-refractivity contribution in [3.8, 4) is 5.88 Å². The van der Waals surface area contributed by atoms with Crippen molar-refractivity contribution in [2.45, 2.75) is 13.1 Å². The van der Waals surface area contributed by atoms with Gasteiger partial charge >= 0.3 is 0 Å². The molecule has 7 nitrogen and oxygen atoms in total. The van der Waals surface area contributed by atoms with Crippen molar-refractivity contribution in [2.24, 2.45) is 4.99 Å². The highest BCUT2D eigenvalue weighted by Crippen LogP contribution is 2.32. The van der Waals surface area contributed by atoms with Crippen molar-refractivity contribution in [1.29, 1.82) is 0 Å². The number of fused-ring (bicyclic) bond motifs is 1. The molecule has 212 valence electrons. The molecule has 1 amide bonds. The molecule has 42 heavy (non-hydrogen) atoms. The van der Waals surface area contributed by atoms with E-state index in [1.54, 1.807) is 6.07 Å². The van der Waals surface area contributed by atoms with Crippen molar-refractivity contribution in [3.05, 3.63) is 131 Å². The normalized spacial score (nSPS) is 14.7. The Labute approximate surface area is 246 Å². The van der Waals surface area contributed by atoms with Crippen LogP contribution in [0.25, 0.3) is 10.9 Å². The van der Waals surface area contributed by atoms with Gasteiger partial charge in [-0.05, 0) is 48.5 Å². The largest absolute Gasteiger partial charge is 0.494 e. The van der Waals surface area contributed by atoms with Gasteiger partial charge in [0.15, 0.2) is 5.88 Å². The molecule has 1 aliphatic rings. The first-order valence-electron chi connectivity index (χ1n) is 14.3. The SMILES string of the molecule is CN1CCN(Cc2cccc(N=C(c3ccccc3)c3c(O)[nH]c4ccc(C(=O)NCc5ccccc5)cc34)c2)CC1. The summed E-state index contributed by atoms with van der Waals surface area (Å²) in [7, 11) is 2.16. The summed E-state index contributed by atoms with van der Waals surface area (Å²) >= 11 is 0. The number of hydrogen-bond acceptors (Lipinski definition) is 5. The number of aromatic nitrogens is 1. The zero-order valence-corrected chi connectivity index (χ0v) is 23.8. The fourth-order valence-corrected chi connectivity index (χ4v) is 5.42. The van der Waals surface area contributed by atoms with E-state index in [0.717, 1.165) is 60.4 Å². The number of aromatic amines is 1. The van der Waals surface area contributed by atoms with Gasteiger partial charge in [0.25, 0.3) is 5.91 Å². The molecule has 0 unspecified atom stereocenters. The van der Waals surface area contributed by atoms with Crippen molar-refractivity contribution in [1.82, 2.24) is 20.1 Å². The Morgan fingerprint density at radius 2 is 1.55 bits per heavy atom. The van der Waals surface area contributed by atoms with Crippen LogP contribution in [0.4, 0.5) is 5.69 Å². The van der Waals surface area contributed by atoms with Crippen LogP contribution >= 0.6 is 0 Å². The molecule has 3 N–H and O–H groups in total. The minimum atomic E-state index is -0.179. The second-order valence-corrected chi connectivity index (χ2v) is 10.9. The van der Waals surface area contributed by atoms with Crippen molar-refractivity contribution < 1.29 is 9.90 Å². The van der Waals surface area contributed by atoms with Gasteiger partial charge in [-0.15, -0.1) is 0 Å². The van der Waals surface area contributed by atoms with E-state index in [2.05, 4.69) is 39.3 Å². The fourth-order valence-electron chi connectivity index (χ4n) is 5.42. The van der Waals surface area contributed by atoms with Gasteiger partial charge in [-0.1, -0.05) is 72.8 Å². The van der Waals surface area contributed by atoms with Crippen LogP contribution in [-0.2, 0) is 13.1 Å². The van der Waals surface area contributed by atoms with E-state index in [-0.39, 0.29) is 11.8 Å². The van der Waals surface area contributed by atoms with Gasteiger partial charge in [0, 0.05) is 61.3 Å². The molecule has 1 aromatic heterocycles. The third-order valence-electron chi connectivity index (χ3n) is 7.77. The summed E-state index contributed by atoms with van der Waals surface area (Å²) < 4.78 is 0. The molecule has 7 heteroatoms. The zero-order chi connectivity index (χ0) is 28.9. The number of benzene rings is 4. The number of amides is 1. The number of nitrogens with one attached hydrogen (secondary N) is 2. The van der Waals surface area contributed by atoms with Gasteiger partial charge < -0.3 is 20.3 Å². The number of likely N-dealkylation sites (N-methyl/N-ethyl adjacent to an activating group) is 1. The Kier molecular flexibility index (Phi) is 8.12. The van der Waals surface area contributed by atoms with Crippen LogP contribution in [0.15, 0.2) is 108 Å². The Balaban J connectivity index is 1.35. The van der Waals surface area contributed by atoms with Crippen LogP contribution in [-0.4, -0.2) is 64.7 Å². The molecule has 0 aliphatic carbocycles. The molecular formula is C35H35N5O2. The maximum atomic E-state index is 13.1. The molecule has 5 aromatic rings. The molecule has 0 spiro atoms. The lowest BCUT2D eigenvalue weighted by atomic mass is 9.99. The third kappa shape index (κ3) is 6.28. The topological polar surface area (TPSA) is 84.0 Å². The van der Waals surface area contributed by atoms with Gasteiger partial charge in [0.2, 0.25) is 0 Å². The number of carbonyl (C=O) groups is 1. The Hall–Kier alpha value is -4.72. The Morgan fingerprint density at radius 1 is 0.833 bits per heavy atom. The molecule has 6 rings (SSSR count). The van der Waals surface area contributed by atoms with Gasteiger partial charge in [-0.2, -0.15) is 0 Å². The number of hydrogen-bond donors (Lipinski definition) is 3. The quantitative estimate of drug-likeness (QED) is 0.213. The summed E-state index contributed by atoms with van der Waals surface area (Å²) in [6.07, 6.45) is 0. The molecule has 1 saturated heterocycles. The van der Waals surface area contributed by atoms with Gasteiger partial charge in [-0.3, -0.25) is 9.69 Å². The summed E-state index contributed by atoms with van der Waals surface area (Å²) in [5.41, 5.74) is 6.36. The molecule has 2 heterocycles. The molecule has 1 fully saturated rings. The summed E-state index contributed by atoms with van der Waals surface area (Å²) in [6, 6.07) is 33.4. The average molecular weight is 558 g/mol. The Morgan fingerprint density at radius 3 is 2.31 bits per heavy atom. The molecule has 1 aliphatic heterocycles. The summed E-state index contributed by atoms with van der Waals surface area (Å²) in [6.45, 7) is 5.54. The highest BCUT2D eigenvalue weighted by atomic mass is 16.3. The molecule has 0 saturated carbocycles. The number of piperazine rings is 1. The Bertz CT molecular complexity index is 1700. The van der Waals surface area contributed by atoms with Crippen LogP contribution < -0.4 is 5.32 Å². The average Bonchev–Trinajstić information content (AvgIpc) is 3.35. The van der Waals surface area contributed by atoms with E-state index in [4.69, 9.17) is 4.99 Å². The zero-order valence-electron chi connectivity index (χ0n) is 23.8. The van der Waals surface area contributed by atoms with E-state index >= 15 is 0 Å². The van der Waals surface area contributed by atoms with Gasteiger partial charge in [-0.25, -0.2) is 4.99 Å². The van der Waals surface area contributed by atoms with Gasteiger partial charge in [0.05, 0.1) is 17.0 Å². The minimum absolute atomic E-state index is 0.0167. The lowest BCUT2D eigenvalue weighted by Crippen LogP contribution is -2.43. The standard InChI is InChI=1S/C35H35N5O2/c1-39-17-19-40(20-18-39)24-26-11-8-14-29(21-26)37-33(27-12-6-3-7-13-27)32-30-22-28(15-16-31(30)38-35(32)42)34(41)36-23-25-9-4-2-5-10-25/h2-16,21-22,38,42H,17-20,23-24H2,1H3,(H,36,41). The molecule has 0 atom stereocenters. The van der Waals surface area contributed by atoms with E-state index in [0.29, 0.717) is 23.4 Å². The van der Waals surface area contributed by atoms with Crippen LogP contribution in [0.1, 0.15) is 32.6 Å². The van der Waals surface area contributed by atoms with E-state index in [1.165, 1.54) is 5.56 Å². The highest BCUT2D eigenvalue weighted by Gasteiger charge is 2.20. The monoisotopic (exact) mass is 557 g/mol. The van der Waals surface area contributed by atoms with E-state index in [1.807, 2.05) is 84.9 Å².